The first-order valence-electron chi connectivity index (χ1n) is 5.03. The Balaban J connectivity index is 1.95. The first kappa shape index (κ1) is 9.77. The van der Waals surface area contributed by atoms with E-state index in [0.717, 1.165) is 12.8 Å². The summed E-state index contributed by atoms with van der Waals surface area (Å²) in [5.41, 5.74) is 8.53. The van der Waals surface area contributed by atoms with Gasteiger partial charge in [-0.1, -0.05) is 12.0 Å². The highest BCUT2D eigenvalue weighted by atomic mass is 16.6. The highest BCUT2D eigenvalue weighted by Crippen LogP contribution is 2.52. The Hall–Kier alpha value is -0.770. The fraction of sp³-hybridized carbons (Fsp3) is 1.00. The maximum atomic E-state index is 9.57. The fourth-order valence-corrected chi connectivity index (χ4v) is 2.00. The molecule has 1 N–H and O–H groups in total. The highest BCUT2D eigenvalue weighted by molar-refractivity contribution is 4.98. The van der Waals surface area contributed by atoms with Gasteiger partial charge in [-0.25, -0.2) is 0 Å². The van der Waals surface area contributed by atoms with Gasteiger partial charge >= 0.3 is 0 Å². The Morgan fingerprint density at radius 1 is 1.50 bits per heavy atom. The van der Waals surface area contributed by atoms with Crippen LogP contribution in [0.2, 0.25) is 0 Å². The summed E-state index contributed by atoms with van der Waals surface area (Å²) in [5.74, 6) is 0. The van der Waals surface area contributed by atoms with Gasteiger partial charge in [-0.05, 0) is 36.6 Å². The van der Waals surface area contributed by atoms with Crippen LogP contribution in [0, 0.1) is 5.41 Å². The molecule has 2 fully saturated rings. The summed E-state index contributed by atoms with van der Waals surface area (Å²) in [7, 11) is 0. The maximum Gasteiger partial charge on any atom is 0.163 e. The molecule has 78 valence electrons. The molecular formula is C9H15N3O2. The van der Waals surface area contributed by atoms with Crippen molar-refractivity contribution in [3.05, 3.63) is 10.4 Å². The summed E-state index contributed by atoms with van der Waals surface area (Å²) in [6.07, 6.45) is 3.19. The third-order valence-corrected chi connectivity index (χ3v) is 3.37. The van der Waals surface area contributed by atoms with Crippen molar-refractivity contribution in [1.82, 2.24) is 0 Å². The second-order valence-electron chi connectivity index (χ2n) is 4.52. The van der Waals surface area contributed by atoms with E-state index in [-0.39, 0.29) is 11.5 Å². The molecule has 1 saturated heterocycles. The number of aliphatic hydroxyl groups is 1. The smallest absolute Gasteiger partial charge is 0.163 e. The number of azide groups is 1. The third-order valence-electron chi connectivity index (χ3n) is 3.37. The summed E-state index contributed by atoms with van der Waals surface area (Å²) in [5, 5.41) is 13.1. The van der Waals surface area contributed by atoms with Crippen LogP contribution in [0.4, 0.5) is 0 Å². The second kappa shape index (κ2) is 3.42. The number of rotatable bonds is 2. The van der Waals surface area contributed by atoms with Crippen LogP contribution in [0.5, 0.6) is 0 Å². The number of ether oxygens (including phenoxy) is 1. The van der Waals surface area contributed by atoms with Crippen molar-refractivity contribution >= 4 is 0 Å². The fourth-order valence-electron chi connectivity index (χ4n) is 2.00. The zero-order chi connectivity index (χ0) is 10.2. The average Bonchev–Trinajstić information content (AvgIpc) is 2.89. The van der Waals surface area contributed by atoms with Gasteiger partial charge in [0.05, 0.1) is 12.1 Å². The lowest BCUT2D eigenvalue weighted by Gasteiger charge is -2.34. The van der Waals surface area contributed by atoms with Gasteiger partial charge in [-0.2, -0.15) is 0 Å². The number of hydrogen-bond acceptors (Lipinski definition) is 3. The lowest BCUT2D eigenvalue weighted by atomic mass is 9.93. The molecule has 0 aromatic rings. The molecule has 3 atom stereocenters. The molecule has 2 rings (SSSR count). The van der Waals surface area contributed by atoms with Gasteiger partial charge in [0.15, 0.2) is 6.29 Å². The Bertz CT molecular complexity index is 271. The number of nitrogens with zero attached hydrogens (tertiary/aromatic N) is 3. The van der Waals surface area contributed by atoms with Crippen LogP contribution in [-0.4, -0.2) is 23.5 Å². The van der Waals surface area contributed by atoms with Crippen LogP contribution in [0.15, 0.2) is 5.11 Å². The zero-order valence-corrected chi connectivity index (χ0v) is 8.26. The lowest BCUT2D eigenvalue weighted by Crippen LogP contribution is -2.40. The van der Waals surface area contributed by atoms with Gasteiger partial charge in [0.1, 0.15) is 0 Å². The predicted molar refractivity (Wildman–Crippen MR) is 50.4 cm³/mol. The maximum absolute atomic E-state index is 9.57. The Labute approximate surface area is 82.7 Å². The van der Waals surface area contributed by atoms with Gasteiger partial charge in [-0.15, -0.1) is 0 Å². The van der Waals surface area contributed by atoms with Crippen molar-refractivity contribution in [3.8, 4) is 0 Å². The third kappa shape index (κ3) is 1.71. The van der Waals surface area contributed by atoms with Crippen LogP contribution in [-0.2, 0) is 4.74 Å². The van der Waals surface area contributed by atoms with Crippen molar-refractivity contribution in [2.75, 3.05) is 0 Å². The molecule has 1 aliphatic carbocycles. The SMILES string of the molecule is CC1([C@@H]2CC[C@H](N=[N+]=[N-])C(O)O2)CC1. The molecule has 0 amide bonds. The van der Waals surface area contributed by atoms with Gasteiger partial charge in [0, 0.05) is 4.91 Å². The quantitative estimate of drug-likeness (QED) is 0.417. The van der Waals surface area contributed by atoms with Crippen molar-refractivity contribution < 1.29 is 9.84 Å². The molecule has 1 saturated carbocycles. The second-order valence-corrected chi connectivity index (χ2v) is 4.52. The van der Waals surface area contributed by atoms with E-state index < -0.39 is 12.3 Å². The molecule has 1 heterocycles. The molecular weight excluding hydrogens is 182 g/mol. The predicted octanol–water partition coefficient (Wildman–Crippen LogP) is 1.96. The van der Waals surface area contributed by atoms with E-state index in [1.54, 1.807) is 0 Å². The number of aliphatic hydroxyl groups excluding tert-OH is 1. The largest absolute Gasteiger partial charge is 0.368 e. The summed E-state index contributed by atoms with van der Waals surface area (Å²) in [6, 6.07) is -0.404. The van der Waals surface area contributed by atoms with Crippen LogP contribution in [0.25, 0.3) is 10.4 Å². The monoisotopic (exact) mass is 197 g/mol. The minimum atomic E-state index is -0.915. The highest BCUT2D eigenvalue weighted by Gasteiger charge is 2.48. The van der Waals surface area contributed by atoms with Gasteiger partial charge in [0.25, 0.3) is 0 Å². The molecule has 14 heavy (non-hydrogen) atoms. The minimum Gasteiger partial charge on any atom is -0.368 e. The summed E-state index contributed by atoms with van der Waals surface area (Å²) < 4.78 is 5.47. The molecule has 0 aromatic heterocycles. The number of hydrogen-bond donors (Lipinski definition) is 1. The van der Waals surface area contributed by atoms with Crippen molar-refractivity contribution in [3.63, 3.8) is 0 Å². The summed E-state index contributed by atoms with van der Waals surface area (Å²) in [6.45, 7) is 2.18. The van der Waals surface area contributed by atoms with E-state index in [9.17, 15) is 5.11 Å². The van der Waals surface area contributed by atoms with E-state index in [1.807, 2.05) is 0 Å². The van der Waals surface area contributed by atoms with E-state index in [0.29, 0.717) is 0 Å². The van der Waals surface area contributed by atoms with E-state index in [1.165, 1.54) is 12.8 Å². The van der Waals surface area contributed by atoms with Crippen molar-refractivity contribution in [1.29, 1.82) is 0 Å². The van der Waals surface area contributed by atoms with Gasteiger partial charge < -0.3 is 9.84 Å². The molecule has 0 spiro atoms. The molecule has 5 heteroatoms. The molecule has 5 nitrogen and oxygen atoms in total. The molecule has 0 bridgehead atoms. The lowest BCUT2D eigenvalue weighted by molar-refractivity contribution is -0.188. The van der Waals surface area contributed by atoms with Gasteiger partial charge in [-0.3, -0.25) is 0 Å². The normalized spacial score (nSPS) is 40.0. The first-order chi connectivity index (χ1) is 6.65. The Morgan fingerprint density at radius 3 is 2.71 bits per heavy atom. The van der Waals surface area contributed by atoms with Crippen molar-refractivity contribution in [2.45, 2.75) is 51.0 Å². The average molecular weight is 197 g/mol. The van der Waals surface area contributed by atoms with Crippen LogP contribution in [0.1, 0.15) is 32.6 Å². The first-order valence-corrected chi connectivity index (χ1v) is 5.03. The van der Waals surface area contributed by atoms with E-state index in [2.05, 4.69) is 16.9 Å². The molecule has 0 aromatic carbocycles. The Morgan fingerprint density at radius 2 is 2.21 bits per heavy atom. The zero-order valence-electron chi connectivity index (χ0n) is 8.26. The van der Waals surface area contributed by atoms with Gasteiger partial charge in [0.2, 0.25) is 0 Å². The molecule has 2 aliphatic rings. The standard InChI is InChI=1S/C9H15N3O2/c1-9(4-5-9)7-3-2-6(11-12-10)8(13)14-7/h6-8,13H,2-5H2,1H3/t6-,7-,8?/m0/s1. The minimum absolute atomic E-state index is 0.141. The molecule has 1 unspecified atom stereocenters. The molecule has 0 radical (unpaired) electrons. The Kier molecular flexibility index (Phi) is 2.39. The molecule has 1 aliphatic heterocycles. The van der Waals surface area contributed by atoms with Crippen LogP contribution < -0.4 is 0 Å². The van der Waals surface area contributed by atoms with E-state index in [4.69, 9.17) is 10.3 Å². The van der Waals surface area contributed by atoms with Crippen LogP contribution in [0.3, 0.4) is 0 Å². The van der Waals surface area contributed by atoms with Crippen LogP contribution >= 0.6 is 0 Å². The van der Waals surface area contributed by atoms with Crippen molar-refractivity contribution in [2.24, 2.45) is 10.5 Å². The van der Waals surface area contributed by atoms with E-state index >= 15 is 0 Å². The topological polar surface area (TPSA) is 78.2 Å². The summed E-state index contributed by atoms with van der Waals surface area (Å²) in [4.78, 5) is 2.70. The summed E-state index contributed by atoms with van der Waals surface area (Å²) >= 11 is 0.